The zero-order chi connectivity index (χ0) is 37.1. The largest absolute Gasteiger partial charge is 0.481 e. The van der Waals surface area contributed by atoms with Crippen molar-refractivity contribution in [2.75, 3.05) is 32.8 Å². The maximum absolute atomic E-state index is 12.7. The van der Waals surface area contributed by atoms with Crippen LogP contribution in [-0.4, -0.2) is 110 Å². The van der Waals surface area contributed by atoms with Crippen molar-refractivity contribution < 1.29 is 34.2 Å². The summed E-state index contributed by atoms with van der Waals surface area (Å²) < 4.78 is 0. The summed E-state index contributed by atoms with van der Waals surface area (Å²) in [5.74, 6) is -3.00. The quantitative estimate of drug-likeness (QED) is 0.0356. The van der Waals surface area contributed by atoms with Gasteiger partial charge in [0.25, 0.3) is 0 Å². The van der Waals surface area contributed by atoms with E-state index in [1.165, 1.54) is 38.5 Å². The number of unbranched alkanes of at least 4 members (excludes halogenated alkanes) is 13. The first-order valence-electron chi connectivity index (χ1n) is 18.3. The number of aliphatic carboxylic acids is 2. The zero-order valence-electron chi connectivity index (χ0n) is 29.8. The van der Waals surface area contributed by atoms with Gasteiger partial charge in [-0.15, -0.1) is 15.3 Å². The second-order valence-corrected chi connectivity index (χ2v) is 12.9. The number of tetrazole rings is 1. The number of carbonyl (C=O) groups is 5. The van der Waals surface area contributed by atoms with E-state index < -0.39 is 42.6 Å². The Kier molecular flexibility index (Phi) is 22.4. The lowest BCUT2D eigenvalue weighted by atomic mass is 9.94. The molecular weight excluding hydrogens is 662 g/mol. The number of nitrogens with one attached hydrogen (secondary N) is 3. The molecule has 0 saturated heterocycles. The van der Waals surface area contributed by atoms with Gasteiger partial charge in [-0.05, 0) is 37.3 Å². The minimum atomic E-state index is -1.21. The van der Waals surface area contributed by atoms with Crippen LogP contribution >= 0.6 is 0 Å². The molecule has 51 heavy (non-hydrogen) atoms. The highest BCUT2D eigenvalue weighted by molar-refractivity contribution is 5.97. The summed E-state index contributed by atoms with van der Waals surface area (Å²) in [6.45, 7) is -0.0835. The van der Waals surface area contributed by atoms with E-state index in [4.69, 9.17) is 10.8 Å². The van der Waals surface area contributed by atoms with Gasteiger partial charge in [-0.2, -0.15) is 10.3 Å². The lowest BCUT2D eigenvalue weighted by molar-refractivity contribution is -0.146. The van der Waals surface area contributed by atoms with Gasteiger partial charge in [-0.1, -0.05) is 82.3 Å². The number of hydrogen-bond acceptors (Lipinski definition) is 13. The molecule has 0 aromatic carbocycles. The minimum absolute atomic E-state index is 0.0216. The molecule has 2 amide bonds. The summed E-state index contributed by atoms with van der Waals surface area (Å²) >= 11 is 0. The third-order valence-corrected chi connectivity index (χ3v) is 8.76. The molecule has 1 aromatic rings. The van der Waals surface area contributed by atoms with Gasteiger partial charge in [-0.25, -0.2) is 0 Å². The predicted molar refractivity (Wildman–Crippen MR) is 188 cm³/mol. The molecule has 1 aromatic heterocycles. The molecule has 2 rings (SSSR count). The van der Waals surface area contributed by atoms with Crippen molar-refractivity contribution in [3.8, 4) is 0 Å². The van der Waals surface area contributed by atoms with Crippen LogP contribution in [0.25, 0.3) is 0 Å². The average Bonchev–Trinajstić information content (AvgIpc) is 3.82. The SMILES string of the molecule is NCN[C@@H](CCCCNC(=O)CN(CC(=O)O)C(=O)CCCCCCCCCCCCCCCC(C1=NN=NC1)c1nn[nH]n1)C(=O)CC(=O)O. The fourth-order valence-electron chi connectivity index (χ4n) is 6.01. The van der Waals surface area contributed by atoms with Crippen LogP contribution in [-0.2, 0) is 24.0 Å². The smallest absolute Gasteiger partial charge is 0.323 e. The van der Waals surface area contributed by atoms with Crippen LogP contribution in [0.15, 0.2) is 15.4 Å². The molecule has 18 nitrogen and oxygen atoms in total. The van der Waals surface area contributed by atoms with Gasteiger partial charge in [0.05, 0.1) is 17.7 Å². The van der Waals surface area contributed by atoms with Crippen molar-refractivity contribution in [1.29, 1.82) is 0 Å². The first-order chi connectivity index (χ1) is 24.7. The van der Waals surface area contributed by atoms with E-state index in [1.807, 2.05) is 0 Å². The topological polar surface area (TPSA) is 271 Å². The van der Waals surface area contributed by atoms with Crippen molar-refractivity contribution in [2.45, 2.75) is 134 Å². The number of hydrogen-bond donors (Lipinski definition) is 6. The van der Waals surface area contributed by atoms with Crippen molar-refractivity contribution in [2.24, 2.45) is 21.2 Å². The number of aromatic amines is 1. The van der Waals surface area contributed by atoms with Gasteiger partial charge in [0.2, 0.25) is 11.8 Å². The van der Waals surface area contributed by atoms with Gasteiger partial charge < -0.3 is 26.2 Å². The van der Waals surface area contributed by atoms with Crippen molar-refractivity contribution >= 4 is 35.2 Å². The molecule has 2 atom stereocenters. The Bertz CT molecular complexity index is 1240. The Morgan fingerprint density at radius 3 is 1.98 bits per heavy atom. The number of carboxylic acid groups (broad SMARTS) is 2. The zero-order valence-corrected chi connectivity index (χ0v) is 29.8. The van der Waals surface area contributed by atoms with E-state index in [2.05, 4.69) is 46.7 Å². The standard InChI is InChI=1S/C33H57N11O7/c34-24-36-26(28(45)20-31(48)49)17-14-15-19-35-29(46)22-44(23-32(50)51)30(47)18-13-11-9-7-5-3-1-2-4-6-8-10-12-16-25(27-21-37-41-38-27)33-39-42-43-40-33/h25-26,36H,1-24,34H2,(H,35,46)(H,48,49)(H,50,51)(H,39,40,42,43)/t25?,26-/m0/s1. The molecule has 0 bridgehead atoms. The second kappa shape index (κ2) is 26.6. The van der Waals surface area contributed by atoms with E-state index in [1.54, 1.807) is 0 Å². The average molecular weight is 720 g/mol. The lowest BCUT2D eigenvalue weighted by Gasteiger charge is -2.20. The Morgan fingerprint density at radius 2 is 1.43 bits per heavy atom. The number of rotatable bonds is 32. The van der Waals surface area contributed by atoms with Crippen LogP contribution in [0.4, 0.5) is 0 Å². The fraction of sp³-hybridized carbons (Fsp3) is 0.788. The Balaban J connectivity index is 1.47. The van der Waals surface area contributed by atoms with Crippen molar-refractivity contribution in [1.82, 2.24) is 36.2 Å². The molecular formula is C33H57N11O7. The molecule has 1 aliphatic rings. The third kappa shape index (κ3) is 19.7. The van der Waals surface area contributed by atoms with Crippen LogP contribution in [0.2, 0.25) is 0 Å². The van der Waals surface area contributed by atoms with Gasteiger partial charge >= 0.3 is 11.9 Å². The fourth-order valence-corrected chi connectivity index (χ4v) is 6.01. The number of amides is 2. The molecule has 0 fully saturated rings. The summed E-state index contributed by atoms with van der Waals surface area (Å²) in [4.78, 5) is 60.3. The molecule has 0 radical (unpaired) electrons. The molecule has 0 aliphatic carbocycles. The van der Waals surface area contributed by atoms with Crippen LogP contribution in [0, 0.1) is 0 Å². The number of Topliss-reactive ketones (excluding diaryl/α,β-unsaturated/α-hetero) is 1. The maximum Gasteiger partial charge on any atom is 0.323 e. The van der Waals surface area contributed by atoms with Gasteiger partial charge in [0.1, 0.15) is 26.1 Å². The van der Waals surface area contributed by atoms with Crippen LogP contribution in [0.3, 0.4) is 0 Å². The van der Waals surface area contributed by atoms with Crippen LogP contribution in [0.1, 0.15) is 134 Å². The number of carbonyl (C=O) groups excluding carboxylic acids is 3. The van der Waals surface area contributed by atoms with Crippen LogP contribution in [0.5, 0.6) is 0 Å². The first kappa shape index (κ1) is 43.0. The second-order valence-electron chi connectivity index (χ2n) is 12.9. The van der Waals surface area contributed by atoms with Crippen LogP contribution < -0.4 is 16.4 Å². The van der Waals surface area contributed by atoms with Crippen molar-refractivity contribution in [3.63, 3.8) is 0 Å². The first-order valence-corrected chi connectivity index (χ1v) is 18.3. The summed E-state index contributed by atoms with van der Waals surface area (Å²) in [6.07, 6.45) is 16.2. The van der Waals surface area contributed by atoms with E-state index in [0.29, 0.717) is 38.1 Å². The summed E-state index contributed by atoms with van der Waals surface area (Å²) in [7, 11) is 0. The highest BCUT2D eigenvalue weighted by atomic mass is 16.4. The molecule has 286 valence electrons. The molecule has 7 N–H and O–H groups in total. The van der Waals surface area contributed by atoms with Crippen molar-refractivity contribution in [3.05, 3.63) is 5.82 Å². The number of aromatic nitrogens is 4. The van der Waals surface area contributed by atoms with Gasteiger partial charge in [0, 0.05) is 19.6 Å². The highest BCUT2D eigenvalue weighted by Gasteiger charge is 2.24. The minimum Gasteiger partial charge on any atom is -0.481 e. The summed E-state index contributed by atoms with van der Waals surface area (Å²) in [5, 5.41) is 49.7. The molecule has 18 heteroatoms. The van der Waals surface area contributed by atoms with E-state index in [9.17, 15) is 29.1 Å². The Morgan fingerprint density at radius 1 is 0.804 bits per heavy atom. The number of ketones is 1. The highest BCUT2D eigenvalue weighted by Crippen LogP contribution is 2.24. The Labute approximate surface area is 299 Å². The number of nitrogens with zero attached hydrogens (tertiary/aromatic N) is 7. The normalized spacial score (nSPS) is 13.5. The molecule has 0 spiro atoms. The predicted octanol–water partition coefficient (Wildman–Crippen LogP) is 3.07. The molecule has 1 aliphatic heterocycles. The van der Waals surface area contributed by atoms with E-state index in [0.717, 1.165) is 55.6 Å². The maximum atomic E-state index is 12.7. The van der Waals surface area contributed by atoms with E-state index in [-0.39, 0.29) is 38.0 Å². The molecule has 0 saturated carbocycles. The summed E-state index contributed by atoms with van der Waals surface area (Å²) in [6, 6.07) is -0.676. The van der Waals surface area contributed by atoms with Gasteiger partial charge in [-0.3, -0.25) is 29.3 Å². The number of H-pyrrole nitrogens is 1. The molecule has 2 heterocycles. The van der Waals surface area contributed by atoms with Gasteiger partial charge in [0.15, 0.2) is 11.6 Å². The van der Waals surface area contributed by atoms with E-state index >= 15 is 0 Å². The lowest BCUT2D eigenvalue weighted by Crippen LogP contribution is -2.43. The Hall–Kier alpha value is -4.19. The summed E-state index contributed by atoms with van der Waals surface area (Å²) in [5.41, 5.74) is 6.34. The number of carboxylic acids is 2. The molecule has 1 unspecified atom stereocenters. The number of nitrogens with two attached hydrogens (primary N) is 1. The monoisotopic (exact) mass is 719 g/mol. The third-order valence-electron chi connectivity index (χ3n) is 8.76.